The maximum Gasteiger partial charge on any atom is 0.119 e. The highest BCUT2D eigenvalue weighted by Crippen LogP contribution is 2.25. The van der Waals surface area contributed by atoms with E-state index in [0.717, 1.165) is 36.5 Å². The Balaban J connectivity index is 2.27. The SMILES string of the molecule is CCCNCc1cn(C)nc1-c1cccc(OC)c1. The summed E-state index contributed by atoms with van der Waals surface area (Å²) < 4.78 is 7.13. The van der Waals surface area contributed by atoms with Crippen LogP contribution in [-0.4, -0.2) is 23.4 Å². The van der Waals surface area contributed by atoms with Crippen molar-refractivity contribution >= 4 is 0 Å². The second-order valence-corrected chi connectivity index (χ2v) is 4.59. The summed E-state index contributed by atoms with van der Waals surface area (Å²) in [6.07, 6.45) is 3.20. The van der Waals surface area contributed by atoms with E-state index in [2.05, 4.69) is 29.6 Å². The standard InChI is InChI=1S/C15H21N3O/c1-4-8-16-10-13-11-18(2)17-15(13)12-6-5-7-14(9-12)19-3/h5-7,9,11,16H,4,8,10H2,1-3H3. The summed E-state index contributed by atoms with van der Waals surface area (Å²) in [6, 6.07) is 8.02. The Kier molecular flexibility index (Phi) is 4.58. The number of ether oxygens (including phenoxy) is 1. The molecule has 1 heterocycles. The fourth-order valence-corrected chi connectivity index (χ4v) is 2.08. The van der Waals surface area contributed by atoms with Crippen LogP contribution in [-0.2, 0) is 13.6 Å². The first-order chi connectivity index (χ1) is 9.24. The van der Waals surface area contributed by atoms with E-state index in [1.54, 1.807) is 7.11 Å². The Morgan fingerprint density at radius 1 is 1.37 bits per heavy atom. The molecule has 2 aromatic rings. The van der Waals surface area contributed by atoms with Gasteiger partial charge in [0.1, 0.15) is 5.75 Å². The van der Waals surface area contributed by atoms with Gasteiger partial charge in [0.05, 0.1) is 12.8 Å². The molecule has 0 atom stereocenters. The molecular weight excluding hydrogens is 238 g/mol. The minimum absolute atomic E-state index is 0.841. The number of nitrogens with one attached hydrogen (secondary N) is 1. The van der Waals surface area contributed by atoms with Crippen LogP contribution in [0.2, 0.25) is 0 Å². The largest absolute Gasteiger partial charge is 0.497 e. The third-order valence-corrected chi connectivity index (χ3v) is 2.99. The topological polar surface area (TPSA) is 39.1 Å². The number of aryl methyl sites for hydroxylation is 1. The maximum atomic E-state index is 5.27. The normalized spacial score (nSPS) is 10.7. The zero-order valence-corrected chi connectivity index (χ0v) is 11.8. The van der Waals surface area contributed by atoms with E-state index in [-0.39, 0.29) is 0 Å². The van der Waals surface area contributed by atoms with Gasteiger partial charge in [-0.3, -0.25) is 4.68 Å². The van der Waals surface area contributed by atoms with Gasteiger partial charge in [-0.2, -0.15) is 5.10 Å². The van der Waals surface area contributed by atoms with E-state index >= 15 is 0 Å². The molecule has 0 amide bonds. The Hall–Kier alpha value is -1.81. The number of benzene rings is 1. The highest BCUT2D eigenvalue weighted by atomic mass is 16.5. The van der Waals surface area contributed by atoms with Gasteiger partial charge in [-0.1, -0.05) is 19.1 Å². The van der Waals surface area contributed by atoms with Gasteiger partial charge in [0.25, 0.3) is 0 Å². The monoisotopic (exact) mass is 259 g/mol. The second-order valence-electron chi connectivity index (χ2n) is 4.59. The summed E-state index contributed by atoms with van der Waals surface area (Å²) >= 11 is 0. The van der Waals surface area contributed by atoms with Crippen LogP contribution in [0.1, 0.15) is 18.9 Å². The molecule has 19 heavy (non-hydrogen) atoms. The molecule has 1 aromatic carbocycles. The fourth-order valence-electron chi connectivity index (χ4n) is 2.08. The highest BCUT2D eigenvalue weighted by molar-refractivity contribution is 5.64. The summed E-state index contributed by atoms with van der Waals surface area (Å²) in [5.74, 6) is 0.857. The van der Waals surface area contributed by atoms with Crippen LogP contribution in [0.4, 0.5) is 0 Å². The summed E-state index contributed by atoms with van der Waals surface area (Å²) in [4.78, 5) is 0. The molecule has 1 N–H and O–H groups in total. The average molecular weight is 259 g/mol. The Labute approximate surface area is 114 Å². The third-order valence-electron chi connectivity index (χ3n) is 2.99. The van der Waals surface area contributed by atoms with Gasteiger partial charge in [0, 0.05) is 30.9 Å². The first-order valence-electron chi connectivity index (χ1n) is 6.62. The zero-order chi connectivity index (χ0) is 13.7. The zero-order valence-electron chi connectivity index (χ0n) is 11.8. The molecule has 0 aliphatic heterocycles. The van der Waals surface area contributed by atoms with Crippen molar-refractivity contribution in [3.8, 4) is 17.0 Å². The summed E-state index contributed by atoms with van der Waals surface area (Å²) in [5.41, 5.74) is 3.32. The lowest BCUT2D eigenvalue weighted by atomic mass is 10.1. The molecule has 1 aromatic heterocycles. The Morgan fingerprint density at radius 3 is 2.95 bits per heavy atom. The van der Waals surface area contributed by atoms with Gasteiger partial charge in [-0.05, 0) is 25.1 Å². The van der Waals surface area contributed by atoms with Gasteiger partial charge in [0.2, 0.25) is 0 Å². The molecular formula is C15H21N3O. The van der Waals surface area contributed by atoms with E-state index in [4.69, 9.17) is 4.74 Å². The lowest BCUT2D eigenvalue weighted by Crippen LogP contribution is -2.13. The van der Waals surface area contributed by atoms with Crippen LogP contribution < -0.4 is 10.1 Å². The van der Waals surface area contributed by atoms with Crippen LogP contribution in [0, 0.1) is 0 Å². The summed E-state index contributed by atoms with van der Waals surface area (Å²) in [6.45, 7) is 4.03. The molecule has 0 saturated heterocycles. The third kappa shape index (κ3) is 3.35. The van der Waals surface area contributed by atoms with Crippen LogP contribution in [0.25, 0.3) is 11.3 Å². The van der Waals surface area contributed by atoms with Crippen molar-refractivity contribution in [1.29, 1.82) is 0 Å². The number of hydrogen-bond donors (Lipinski definition) is 1. The van der Waals surface area contributed by atoms with Gasteiger partial charge < -0.3 is 10.1 Å². The molecule has 0 radical (unpaired) electrons. The van der Waals surface area contributed by atoms with Gasteiger partial charge in [-0.25, -0.2) is 0 Å². The summed E-state index contributed by atoms with van der Waals surface area (Å²) in [5, 5.41) is 7.97. The van der Waals surface area contributed by atoms with Crippen LogP contribution in [0.5, 0.6) is 5.75 Å². The van der Waals surface area contributed by atoms with Crippen LogP contribution >= 0.6 is 0 Å². The Bertz CT molecular complexity index is 534. The minimum atomic E-state index is 0.841. The molecule has 0 bridgehead atoms. The number of hydrogen-bond acceptors (Lipinski definition) is 3. The van der Waals surface area contributed by atoms with Crippen molar-refractivity contribution in [2.24, 2.45) is 7.05 Å². The lowest BCUT2D eigenvalue weighted by molar-refractivity contribution is 0.415. The van der Waals surface area contributed by atoms with E-state index in [0.29, 0.717) is 0 Å². The van der Waals surface area contributed by atoms with Crippen molar-refractivity contribution in [2.75, 3.05) is 13.7 Å². The molecule has 2 rings (SSSR count). The molecule has 102 valence electrons. The molecule has 0 fully saturated rings. The summed E-state index contributed by atoms with van der Waals surface area (Å²) in [7, 11) is 3.63. The van der Waals surface area contributed by atoms with Crippen molar-refractivity contribution in [3.63, 3.8) is 0 Å². The van der Waals surface area contributed by atoms with Gasteiger partial charge in [-0.15, -0.1) is 0 Å². The smallest absolute Gasteiger partial charge is 0.119 e. The van der Waals surface area contributed by atoms with Crippen LogP contribution in [0.15, 0.2) is 30.5 Å². The van der Waals surface area contributed by atoms with E-state index < -0.39 is 0 Å². The van der Waals surface area contributed by atoms with Gasteiger partial charge in [0.15, 0.2) is 0 Å². The highest BCUT2D eigenvalue weighted by Gasteiger charge is 2.10. The molecule has 4 nitrogen and oxygen atoms in total. The average Bonchev–Trinajstić information content (AvgIpc) is 2.80. The first-order valence-corrected chi connectivity index (χ1v) is 6.62. The lowest BCUT2D eigenvalue weighted by Gasteiger charge is -2.05. The predicted molar refractivity (Wildman–Crippen MR) is 77.2 cm³/mol. The number of rotatable bonds is 6. The van der Waals surface area contributed by atoms with Crippen molar-refractivity contribution in [3.05, 3.63) is 36.0 Å². The molecule has 0 aliphatic carbocycles. The maximum absolute atomic E-state index is 5.27. The molecule has 0 unspecified atom stereocenters. The van der Waals surface area contributed by atoms with Crippen molar-refractivity contribution in [1.82, 2.24) is 15.1 Å². The second kappa shape index (κ2) is 6.38. The van der Waals surface area contributed by atoms with Crippen LogP contribution in [0.3, 0.4) is 0 Å². The fraction of sp³-hybridized carbons (Fsp3) is 0.400. The molecule has 0 saturated carbocycles. The first kappa shape index (κ1) is 13.6. The van der Waals surface area contributed by atoms with E-state index in [1.165, 1.54) is 5.56 Å². The number of aromatic nitrogens is 2. The molecule has 0 aliphatic rings. The quantitative estimate of drug-likeness (QED) is 0.810. The van der Waals surface area contributed by atoms with E-state index in [1.807, 2.05) is 29.9 Å². The van der Waals surface area contributed by atoms with Crippen molar-refractivity contribution < 1.29 is 4.74 Å². The van der Waals surface area contributed by atoms with Gasteiger partial charge >= 0.3 is 0 Å². The van der Waals surface area contributed by atoms with Crippen molar-refractivity contribution in [2.45, 2.75) is 19.9 Å². The predicted octanol–water partition coefficient (Wildman–Crippen LogP) is 2.60. The number of methoxy groups -OCH3 is 1. The minimum Gasteiger partial charge on any atom is -0.497 e. The van der Waals surface area contributed by atoms with E-state index in [9.17, 15) is 0 Å². The Morgan fingerprint density at radius 2 is 2.21 bits per heavy atom. The molecule has 4 heteroatoms. The number of nitrogens with zero attached hydrogens (tertiary/aromatic N) is 2. The molecule has 0 spiro atoms.